The fourth-order valence-corrected chi connectivity index (χ4v) is 4.68. The monoisotopic (exact) mass is 374 g/mol. The van der Waals surface area contributed by atoms with Crippen LogP contribution in [0.5, 0.6) is 0 Å². The lowest BCUT2D eigenvalue weighted by atomic mass is 10.2. The molecule has 6 heteroatoms. The number of thiophene rings is 1. The van der Waals surface area contributed by atoms with E-state index in [1.165, 1.54) is 41.9 Å². The van der Waals surface area contributed by atoms with E-state index in [0.717, 1.165) is 10.9 Å². The Bertz CT molecular complexity index is 708. The predicted molar refractivity (Wildman–Crippen MR) is 104 cm³/mol. The van der Waals surface area contributed by atoms with E-state index in [2.05, 4.69) is 10.6 Å². The molecule has 25 heavy (non-hydrogen) atoms. The maximum atomic E-state index is 12.3. The molecule has 3 rings (SSSR count). The van der Waals surface area contributed by atoms with Gasteiger partial charge in [-0.05, 0) is 55.5 Å². The molecule has 0 saturated heterocycles. The second-order valence-electron chi connectivity index (χ2n) is 6.21. The van der Waals surface area contributed by atoms with E-state index in [1.807, 2.05) is 47.5 Å². The van der Waals surface area contributed by atoms with Crippen molar-refractivity contribution in [1.82, 2.24) is 5.32 Å². The minimum Gasteiger partial charge on any atom is -0.340 e. The Labute approximate surface area is 156 Å². The summed E-state index contributed by atoms with van der Waals surface area (Å²) in [7, 11) is 0. The van der Waals surface area contributed by atoms with Gasteiger partial charge in [-0.15, -0.1) is 23.1 Å². The molecule has 1 aromatic heterocycles. The molecule has 0 radical (unpaired) electrons. The largest absolute Gasteiger partial charge is 0.340 e. The molecule has 1 saturated carbocycles. The zero-order chi connectivity index (χ0) is 17.6. The maximum absolute atomic E-state index is 12.3. The first-order valence-corrected chi connectivity index (χ1v) is 10.3. The van der Waals surface area contributed by atoms with Crippen molar-refractivity contribution in [1.29, 1.82) is 0 Å². The van der Waals surface area contributed by atoms with Crippen LogP contribution in [-0.2, 0) is 4.79 Å². The highest BCUT2D eigenvalue weighted by Crippen LogP contribution is 2.34. The fraction of sp³-hybridized carbons (Fsp3) is 0.368. The fourth-order valence-electron chi connectivity index (χ4n) is 2.81. The minimum atomic E-state index is -0.595. The van der Waals surface area contributed by atoms with Crippen molar-refractivity contribution in [3.05, 3.63) is 46.7 Å². The van der Waals surface area contributed by atoms with Crippen molar-refractivity contribution in [3.63, 3.8) is 0 Å². The first-order valence-electron chi connectivity index (χ1n) is 8.54. The second-order valence-corrected chi connectivity index (χ2v) is 8.53. The number of hydrogen-bond donors (Lipinski definition) is 2. The van der Waals surface area contributed by atoms with Crippen molar-refractivity contribution in [2.75, 3.05) is 5.32 Å². The molecule has 1 aromatic carbocycles. The van der Waals surface area contributed by atoms with Crippen molar-refractivity contribution in [3.8, 4) is 0 Å². The van der Waals surface area contributed by atoms with E-state index in [1.54, 1.807) is 13.0 Å². The van der Waals surface area contributed by atoms with Crippen LogP contribution in [0.1, 0.15) is 42.3 Å². The molecule has 132 valence electrons. The van der Waals surface area contributed by atoms with Gasteiger partial charge in [0.2, 0.25) is 5.91 Å². The van der Waals surface area contributed by atoms with Gasteiger partial charge in [0.25, 0.3) is 5.91 Å². The molecule has 1 aliphatic rings. The van der Waals surface area contributed by atoms with Crippen LogP contribution < -0.4 is 10.6 Å². The number of rotatable bonds is 6. The SMILES string of the molecule is CC(NC(=O)c1cccs1)C(=O)Nc1ccc(SC2CCCC2)cc1. The van der Waals surface area contributed by atoms with E-state index in [9.17, 15) is 9.59 Å². The van der Waals surface area contributed by atoms with Crippen LogP contribution in [0.3, 0.4) is 0 Å². The Morgan fingerprint density at radius 3 is 2.52 bits per heavy atom. The summed E-state index contributed by atoms with van der Waals surface area (Å²) in [5.41, 5.74) is 0.748. The zero-order valence-electron chi connectivity index (χ0n) is 14.2. The predicted octanol–water partition coefficient (Wildman–Crippen LogP) is 4.54. The summed E-state index contributed by atoms with van der Waals surface area (Å²) in [6, 6.07) is 10.9. The molecule has 1 aliphatic carbocycles. The van der Waals surface area contributed by atoms with E-state index < -0.39 is 6.04 Å². The summed E-state index contributed by atoms with van der Waals surface area (Å²) in [6.45, 7) is 1.69. The van der Waals surface area contributed by atoms with Gasteiger partial charge in [0.15, 0.2) is 0 Å². The summed E-state index contributed by atoms with van der Waals surface area (Å²) in [5.74, 6) is -0.443. The highest BCUT2D eigenvalue weighted by molar-refractivity contribution is 8.00. The van der Waals surface area contributed by atoms with Crippen LogP contribution in [0.15, 0.2) is 46.7 Å². The molecule has 2 N–H and O–H groups in total. The molecule has 0 aliphatic heterocycles. The van der Waals surface area contributed by atoms with E-state index in [4.69, 9.17) is 0 Å². The Hall–Kier alpha value is -1.79. The van der Waals surface area contributed by atoms with Crippen LogP contribution in [-0.4, -0.2) is 23.1 Å². The van der Waals surface area contributed by atoms with Crippen LogP contribution in [0.4, 0.5) is 5.69 Å². The molecule has 4 nitrogen and oxygen atoms in total. The molecular formula is C19H22N2O2S2. The third-order valence-electron chi connectivity index (χ3n) is 4.21. The number of amides is 2. The van der Waals surface area contributed by atoms with Gasteiger partial charge in [-0.2, -0.15) is 0 Å². The van der Waals surface area contributed by atoms with E-state index in [-0.39, 0.29) is 11.8 Å². The highest BCUT2D eigenvalue weighted by Gasteiger charge is 2.18. The van der Waals surface area contributed by atoms with Gasteiger partial charge in [-0.3, -0.25) is 9.59 Å². The lowest BCUT2D eigenvalue weighted by Crippen LogP contribution is -2.41. The van der Waals surface area contributed by atoms with Crippen LogP contribution >= 0.6 is 23.1 Å². The topological polar surface area (TPSA) is 58.2 Å². The van der Waals surface area contributed by atoms with Crippen LogP contribution in [0.2, 0.25) is 0 Å². The lowest BCUT2D eigenvalue weighted by molar-refractivity contribution is -0.117. The Morgan fingerprint density at radius 2 is 1.88 bits per heavy atom. The van der Waals surface area contributed by atoms with Crippen molar-refractivity contribution >= 4 is 40.6 Å². The molecule has 2 aromatic rings. The summed E-state index contributed by atoms with van der Waals surface area (Å²) in [5, 5.41) is 8.14. The summed E-state index contributed by atoms with van der Waals surface area (Å²) >= 11 is 3.28. The van der Waals surface area contributed by atoms with Gasteiger partial charge < -0.3 is 10.6 Å². The Kier molecular flexibility index (Phi) is 6.15. The third kappa shape index (κ3) is 5.09. The number of hydrogen-bond acceptors (Lipinski definition) is 4. The lowest BCUT2D eigenvalue weighted by Gasteiger charge is -2.14. The first kappa shape index (κ1) is 18.0. The first-order chi connectivity index (χ1) is 12.1. The van der Waals surface area contributed by atoms with Gasteiger partial charge in [0, 0.05) is 15.8 Å². The zero-order valence-corrected chi connectivity index (χ0v) is 15.8. The smallest absolute Gasteiger partial charge is 0.261 e. The number of carbonyl (C=O) groups is 2. The van der Waals surface area contributed by atoms with Gasteiger partial charge in [-0.1, -0.05) is 18.9 Å². The molecule has 2 amide bonds. The number of benzene rings is 1. The molecule has 1 heterocycles. The molecule has 0 spiro atoms. The average Bonchev–Trinajstić information content (AvgIpc) is 3.30. The van der Waals surface area contributed by atoms with Crippen LogP contribution in [0.25, 0.3) is 0 Å². The van der Waals surface area contributed by atoms with E-state index >= 15 is 0 Å². The van der Waals surface area contributed by atoms with Gasteiger partial charge in [-0.25, -0.2) is 0 Å². The van der Waals surface area contributed by atoms with Gasteiger partial charge >= 0.3 is 0 Å². The van der Waals surface area contributed by atoms with Crippen molar-refractivity contribution in [2.24, 2.45) is 0 Å². The summed E-state index contributed by atoms with van der Waals surface area (Å²) in [4.78, 5) is 26.1. The van der Waals surface area contributed by atoms with Crippen molar-refractivity contribution < 1.29 is 9.59 Å². The average molecular weight is 375 g/mol. The van der Waals surface area contributed by atoms with Crippen LogP contribution in [0, 0.1) is 0 Å². The Balaban J connectivity index is 1.50. The van der Waals surface area contributed by atoms with Gasteiger partial charge in [0.1, 0.15) is 6.04 Å². The summed E-state index contributed by atoms with van der Waals surface area (Å²) in [6.07, 6.45) is 5.26. The molecule has 1 unspecified atom stereocenters. The number of anilines is 1. The highest BCUT2D eigenvalue weighted by atomic mass is 32.2. The minimum absolute atomic E-state index is 0.221. The molecule has 0 bridgehead atoms. The maximum Gasteiger partial charge on any atom is 0.261 e. The van der Waals surface area contributed by atoms with Crippen molar-refractivity contribution in [2.45, 2.75) is 48.8 Å². The second kappa shape index (κ2) is 8.54. The molecule has 1 fully saturated rings. The normalized spacial score (nSPS) is 15.7. The number of carbonyl (C=O) groups excluding carboxylic acids is 2. The third-order valence-corrected chi connectivity index (χ3v) is 6.43. The van der Waals surface area contributed by atoms with Gasteiger partial charge in [0.05, 0.1) is 4.88 Å². The standard InChI is InChI=1S/C19H22N2O2S2/c1-13(20-19(23)17-7-4-12-24-17)18(22)21-14-8-10-16(11-9-14)25-15-5-2-3-6-15/h4,7-13,15H,2-3,5-6H2,1H3,(H,20,23)(H,21,22). The summed E-state index contributed by atoms with van der Waals surface area (Å²) < 4.78 is 0. The Morgan fingerprint density at radius 1 is 1.16 bits per heavy atom. The number of nitrogens with one attached hydrogen (secondary N) is 2. The van der Waals surface area contributed by atoms with E-state index in [0.29, 0.717) is 4.88 Å². The quantitative estimate of drug-likeness (QED) is 0.780. The molecular weight excluding hydrogens is 352 g/mol. The number of thioether (sulfide) groups is 1. The molecule has 1 atom stereocenters.